The van der Waals surface area contributed by atoms with Gasteiger partial charge in [0.05, 0.1) is 19.1 Å². The minimum atomic E-state index is -1.78. The van der Waals surface area contributed by atoms with E-state index in [0.29, 0.717) is 25.9 Å². The van der Waals surface area contributed by atoms with Crippen LogP contribution >= 0.6 is 0 Å². The first-order valence-corrected chi connectivity index (χ1v) is 16.0. The summed E-state index contributed by atoms with van der Waals surface area (Å²) >= 11 is 0. The molecule has 0 radical (unpaired) electrons. The van der Waals surface area contributed by atoms with Crippen LogP contribution in [-0.2, 0) is 32.2 Å². The van der Waals surface area contributed by atoms with Crippen LogP contribution in [0.2, 0.25) is 0 Å². The van der Waals surface area contributed by atoms with Gasteiger partial charge >= 0.3 is 19.3 Å². The Bertz CT molecular complexity index is 1140. The fourth-order valence-corrected chi connectivity index (χ4v) is 6.38. The van der Waals surface area contributed by atoms with Gasteiger partial charge in [0.15, 0.2) is 0 Å². The van der Waals surface area contributed by atoms with Gasteiger partial charge in [0.1, 0.15) is 18.2 Å². The molecule has 3 aliphatic rings. The van der Waals surface area contributed by atoms with Crippen molar-refractivity contribution in [3.63, 3.8) is 0 Å². The van der Waals surface area contributed by atoms with Crippen molar-refractivity contribution in [3.05, 3.63) is 35.4 Å². The Labute approximate surface area is 260 Å². The fraction of sp³-hybridized carbons (Fsp3) is 0.677. The lowest BCUT2D eigenvalue weighted by atomic mass is 9.76. The molecule has 0 unspecified atom stereocenters. The number of nitrogens with zero attached hydrogens (tertiary/aromatic N) is 2. The molecule has 2 fully saturated rings. The number of fused-ring (bicyclic) bond motifs is 1. The van der Waals surface area contributed by atoms with Crippen LogP contribution in [0.5, 0.6) is 0 Å². The van der Waals surface area contributed by atoms with E-state index in [2.05, 4.69) is 10.6 Å². The van der Waals surface area contributed by atoms with Gasteiger partial charge in [-0.3, -0.25) is 14.5 Å². The zero-order valence-corrected chi connectivity index (χ0v) is 26.1. The summed E-state index contributed by atoms with van der Waals surface area (Å²) in [7, 11) is -1.78. The molecular weight excluding hydrogens is 567 g/mol. The largest absolute Gasteiger partial charge is 0.475 e. The van der Waals surface area contributed by atoms with Crippen LogP contribution in [0.3, 0.4) is 0 Å². The van der Waals surface area contributed by atoms with Crippen LogP contribution in [0, 0.1) is 11.8 Å². The molecule has 0 aromatic heterocycles. The standard InChI is InChI=1S/C31H47BN4O8/c1-4-10-26(32(41)42)33-28(37)25-15-24(44-31(40)35-16-22-13-8-9-14-23(22)17-35)18-36(25)29(38)27(21-11-6-5-7-12-21)34-30(39)43-19-20(2)3/h8-9,13-14,20-21,24-27,41-42H,4-7,10-12,15-19H2,1-3H3,(H,33,37)(H,34,39)/t24-,25+,26+,27+/m1/s1. The highest BCUT2D eigenvalue weighted by atomic mass is 16.6. The molecule has 44 heavy (non-hydrogen) atoms. The quantitative estimate of drug-likeness (QED) is 0.277. The molecule has 1 aromatic rings. The maximum atomic E-state index is 14.2. The maximum Gasteiger partial charge on any atom is 0.475 e. The van der Waals surface area contributed by atoms with Crippen LogP contribution in [-0.4, -0.2) is 88.2 Å². The third-order valence-electron chi connectivity index (χ3n) is 8.71. The van der Waals surface area contributed by atoms with Crippen molar-refractivity contribution >= 4 is 31.1 Å². The van der Waals surface area contributed by atoms with Crippen LogP contribution < -0.4 is 10.6 Å². The van der Waals surface area contributed by atoms with Crippen molar-refractivity contribution in [3.8, 4) is 0 Å². The predicted octanol–water partition coefficient (Wildman–Crippen LogP) is 2.74. The highest BCUT2D eigenvalue weighted by molar-refractivity contribution is 6.43. The number of benzene rings is 1. The van der Waals surface area contributed by atoms with Crippen LogP contribution in [0.1, 0.15) is 83.3 Å². The van der Waals surface area contributed by atoms with E-state index in [1.165, 1.54) is 4.90 Å². The number of hydrogen-bond acceptors (Lipinski definition) is 8. The van der Waals surface area contributed by atoms with Crippen molar-refractivity contribution in [1.82, 2.24) is 20.4 Å². The average Bonchev–Trinajstić information content (AvgIpc) is 3.63. The molecule has 0 bridgehead atoms. The molecule has 2 heterocycles. The first-order valence-electron chi connectivity index (χ1n) is 16.0. The van der Waals surface area contributed by atoms with E-state index in [0.717, 1.165) is 43.2 Å². The lowest BCUT2D eigenvalue weighted by Gasteiger charge is -2.34. The summed E-state index contributed by atoms with van der Waals surface area (Å²) in [4.78, 5) is 56.7. The van der Waals surface area contributed by atoms with E-state index < -0.39 is 55.2 Å². The second-order valence-electron chi connectivity index (χ2n) is 12.7. The Morgan fingerprint density at radius 2 is 1.68 bits per heavy atom. The van der Waals surface area contributed by atoms with E-state index in [-0.39, 0.29) is 31.4 Å². The zero-order chi connectivity index (χ0) is 31.8. The van der Waals surface area contributed by atoms with E-state index in [4.69, 9.17) is 9.47 Å². The molecule has 1 aromatic carbocycles. The number of carbonyl (C=O) groups is 4. The van der Waals surface area contributed by atoms with Crippen LogP contribution in [0.4, 0.5) is 9.59 Å². The molecule has 4 amide bonds. The van der Waals surface area contributed by atoms with Gasteiger partial charge in [-0.05, 0) is 42.2 Å². The highest BCUT2D eigenvalue weighted by Gasteiger charge is 2.46. The maximum absolute atomic E-state index is 14.2. The smallest absolute Gasteiger partial charge is 0.449 e. The van der Waals surface area contributed by atoms with E-state index >= 15 is 0 Å². The molecule has 4 atom stereocenters. The van der Waals surface area contributed by atoms with Crippen molar-refractivity contribution in [2.75, 3.05) is 13.2 Å². The van der Waals surface area contributed by atoms with Gasteiger partial charge in [-0.25, -0.2) is 9.59 Å². The van der Waals surface area contributed by atoms with Crippen molar-refractivity contribution in [1.29, 1.82) is 0 Å². The molecule has 1 saturated carbocycles. The van der Waals surface area contributed by atoms with E-state index in [1.807, 2.05) is 45.0 Å². The number of amides is 4. The van der Waals surface area contributed by atoms with Gasteiger partial charge in [-0.1, -0.05) is 70.7 Å². The Morgan fingerprint density at radius 3 is 2.27 bits per heavy atom. The van der Waals surface area contributed by atoms with Gasteiger partial charge < -0.3 is 35.1 Å². The number of rotatable bonds is 11. The molecule has 2 aliphatic heterocycles. The van der Waals surface area contributed by atoms with Gasteiger partial charge in [-0.15, -0.1) is 0 Å². The number of hydrogen-bond donors (Lipinski definition) is 4. The summed E-state index contributed by atoms with van der Waals surface area (Å²) in [5.41, 5.74) is 2.08. The minimum Gasteiger partial charge on any atom is -0.449 e. The van der Waals surface area contributed by atoms with Gasteiger partial charge in [0.2, 0.25) is 11.8 Å². The lowest BCUT2D eigenvalue weighted by Crippen LogP contribution is -2.58. The fourth-order valence-electron chi connectivity index (χ4n) is 6.38. The zero-order valence-electron chi connectivity index (χ0n) is 26.1. The molecular formula is C31H47BN4O8. The van der Waals surface area contributed by atoms with E-state index in [1.54, 1.807) is 4.90 Å². The van der Waals surface area contributed by atoms with Crippen LogP contribution in [0.15, 0.2) is 24.3 Å². The monoisotopic (exact) mass is 614 g/mol. The number of ether oxygens (including phenoxy) is 2. The second-order valence-corrected chi connectivity index (χ2v) is 12.7. The Morgan fingerprint density at radius 1 is 1.02 bits per heavy atom. The van der Waals surface area contributed by atoms with Gasteiger partial charge in [0, 0.05) is 19.5 Å². The van der Waals surface area contributed by atoms with Gasteiger partial charge in [-0.2, -0.15) is 0 Å². The lowest BCUT2D eigenvalue weighted by molar-refractivity contribution is -0.141. The molecule has 1 saturated heterocycles. The summed E-state index contributed by atoms with van der Waals surface area (Å²) < 4.78 is 11.2. The summed E-state index contributed by atoms with van der Waals surface area (Å²) in [6.07, 6.45) is 3.35. The first-order chi connectivity index (χ1) is 21.1. The predicted molar refractivity (Wildman–Crippen MR) is 163 cm³/mol. The Balaban J connectivity index is 1.53. The first kappa shape index (κ1) is 33.6. The third-order valence-corrected chi connectivity index (χ3v) is 8.71. The molecule has 0 spiro atoms. The van der Waals surface area contributed by atoms with Crippen molar-refractivity contribution in [2.24, 2.45) is 11.8 Å². The molecule has 12 nitrogen and oxygen atoms in total. The topological polar surface area (TPSA) is 158 Å². The number of likely N-dealkylation sites (tertiary alicyclic amines) is 1. The molecule has 4 rings (SSSR count). The normalized spacial score (nSPS) is 21.4. The number of alkyl carbamates (subject to hydrolysis) is 1. The van der Waals surface area contributed by atoms with Gasteiger partial charge in [0.25, 0.3) is 0 Å². The third kappa shape index (κ3) is 8.65. The molecule has 242 valence electrons. The molecule has 1 aliphatic carbocycles. The number of nitrogens with one attached hydrogen (secondary N) is 2. The van der Waals surface area contributed by atoms with Crippen molar-refractivity contribution < 1.29 is 38.7 Å². The Kier molecular flexibility index (Phi) is 11.9. The SMILES string of the molecule is CCC[C@H](NC(=O)[C@@H]1C[C@@H](OC(=O)N2Cc3ccccc3C2)CN1C(=O)[C@@H](NC(=O)OCC(C)C)C1CCCCC1)B(O)O. The average molecular weight is 615 g/mol. The summed E-state index contributed by atoms with van der Waals surface area (Å²) in [5, 5.41) is 25.2. The Hall–Kier alpha value is -3.32. The van der Waals surface area contributed by atoms with Crippen molar-refractivity contribution in [2.45, 2.75) is 109 Å². The van der Waals surface area contributed by atoms with E-state index in [9.17, 15) is 29.2 Å². The van der Waals surface area contributed by atoms with Crippen LogP contribution in [0.25, 0.3) is 0 Å². The summed E-state index contributed by atoms with van der Waals surface area (Å²) in [6.45, 7) is 6.69. The summed E-state index contributed by atoms with van der Waals surface area (Å²) in [6, 6.07) is 5.82. The number of carbonyl (C=O) groups excluding carboxylic acids is 4. The molecule has 13 heteroatoms. The second kappa shape index (κ2) is 15.6. The molecule has 4 N–H and O–H groups in total. The highest BCUT2D eigenvalue weighted by Crippen LogP contribution is 2.31. The summed E-state index contributed by atoms with van der Waals surface area (Å²) in [5.74, 6) is -1.95. The minimum absolute atomic E-state index is 0.0322.